The Morgan fingerprint density at radius 2 is 2.18 bits per heavy atom. The third kappa shape index (κ3) is 2.91. The molecule has 0 aliphatic heterocycles. The van der Waals surface area contributed by atoms with Gasteiger partial charge in [-0.25, -0.2) is 0 Å². The minimum atomic E-state index is 0.186. The van der Waals surface area contributed by atoms with Crippen LogP contribution >= 0.6 is 11.6 Å². The molecule has 0 amide bonds. The van der Waals surface area contributed by atoms with Gasteiger partial charge in [0.25, 0.3) is 0 Å². The summed E-state index contributed by atoms with van der Waals surface area (Å²) in [6.07, 6.45) is 0.862. The maximum Gasteiger partial charge on any atom is 0.119 e. The van der Waals surface area contributed by atoms with E-state index in [-0.39, 0.29) is 6.04 Å². The van der Waals surface area contributed by atoms with Gasteiger partial charge in [-0.3, -0.25) is 0 Å². The number of halogens is 1. The number of rotatable bonds is 3. The molecular weight excluding hydrogens is 158 g/mol. The molecule has 60 valence electrons. The van der Waals surface area contributed by atoms with E-state index in [0.717, 1.165) is 11.4 Å². The van der Waals surface area contributed by atoms with Crippen molar-refractivity contribution in [3.05, 3.63) is 34.9 Å². The van der Waals surface area contributed by atoms with Gasteiger partial charge >= 0.3 is 0 Å². The second-order valence-corrected chi connectivity index (χ2v) is 3.17. The standard InChI is InChI=1S/C9H12ClN/c1-7(11)6-8-2-4-9(10)5-3-8/h2-5,7H,6,11H2,1H3/i/hD. The molecule has 0 radical (unpaired) electrons. The van der Waals surface area contributed by atoms with Crippen LogP contribution in [0.1, 0.15) is 12.5 Å². The molecule has 0 heterocycles. The van der Waals surface area contributed by atoms with Gasteiger partial charge in [-0.2, -0.15) is 0 Å². The first-order valence-electron chi connectivity index (χ1n) is 4.14. The Balaban J connectivity index is 2.58. The highest BCUT2D eigenvalue weighted by atomic mass is 35.5. The lowest BCUT2D eigenvalue weighted by molar-refractivity contribution is 0.738. The molecule has 0 aliphatic carbocycles. The molecule has 2 heteroatoms. The molecule has 1 aromatic rings. The molecule has 1 nitrogen and oxygen atoms in total. The van der Waals surface area contributed by atoms with Crippen molar-refractivity contribution in [2.45, 2.75) is 19.4 Å². The minimum absolute atomic E-state index is 0.186. The number of benzene rings is 1. The van der Waals surface area contributed by atoms with E-state index in [1.165, 1.54) is 5.56 Å². The smallest absolute Gasteiger partial charge is 0.119 e. The molecular formula is C9H12ClN. The van der Waals surface area contributed by atoms with Crippen molar-refractivity contribution in [2.24, 2.45) is 5.73 Å². The summed E-state index contributed by atoms with van der Waals surface area (Å²) in [5, 5.41) is 0.755. The van der Waals surface area contributed by atoms with E-state index in [0.29, 0.717) is 0 Å². The summed E-state index contributed by atoms with van der Waals surface area (Å²) in [6, 6.07) is 7.89. The van der Waals surface area contributed by atoms with Crippen molar-refractivity contribution in [3.63, 3.8) is 0 Å². The van der Waals surface area contributed by atoms with Gasteiger partial charge in [-0.1, -0.05) is 23.7 Å². The zero-order valence-corrected chi connectivity index (χ0v) is 7.23. The van der Waals surface area contributed by atoms with Crippen LogP contribution in [-0.4, -0.2) is 6.04 Å². The Morgan fingerprint density at radius 1 is 1.55 bits per heavy atom. The second-order valence-electron chi connectivity index (χ2n) is 2.73. The van der Waals surface area contributed by atoms with Crippen LogP contribution in [0, 0.1) is 0 Å². The first-order valence-corrected chi connectivity index (χ1v) is 4.02. The first kappa shape index (κ1) is 7.14. The van der Waals surface area contributed by atoms with Gasteiger partial charge in [-0.15, -0.1) is 0 Å². The van der Waals surface area contributed by atoms with Crippen LogP contribution < -0.4 is 5.73 Å². The van der Waals surface area contributed by atoms with Crippen molar-refractivity contribution in [1.82, 2.24) is 0 Å². The largest absolute Gasteiger partial charge is 0.328 e. The van der Waals surface area contributed by atoms with Gasteiger partial charge in [0.2, 0.25) is 0 Å². The Labute approximate surface area is 73.6 Å². The molecule has 1 unspecified atom stereocenters. The molecule has 1 rings (SSSR count). The van der Waals surface area contributed by atoms with Gasteiger partial charge in [0, 0.05) is 11.1 Å². The molecule has 0 saturated carbocycles. The molecule has 1 aromatic carbocycles. The minimum Gasteiger partial charge on any atom is -0.328 e. The van der Waals surface area contributed by atoms with Crippen LogP contribution in [0.15, 0.2) is 24.3 Å². The summed E-state index contributed by atoms with van der Waals surface area (Å²) in [5.74, 6) is 0. The SMILES string of the molecule is [2H]NC(C)Cc1ccc(Cl)cc1. The van der Waals surface area contributed by atoms with Crippen LogP contribution in [-0.2, 0) is 6.42 Å². The van der Waals surface area contributed by atoms with Gasteiger partial charge in [0.15, 0.2) is 0 Å². The lowest BCUT2D eigenvalue weighted by Gasteiger charge is -2.03. The third-order valence-corrected chi connectivity index (χ3v) is 1.71. The molecule has 0 bridgehead atoms. The lowest BCUT2D eigenvalue weighted by atomic mass is 10.1. The highest BCUT2D eigenvalue weighted by molar-refractivity contribution is 6.30. The summed E-state index contributed by atoms with van der Waals surface area (Å²) in [6.45, 7) is 1.97. The van der Waals surface area contributed by atoms with Crippen LogP contribution in [0.5, 0.6) is 0 Å². The van der Waals surface area contributed by atoms with Crippen LogP contribution in [0.25, 0.3) is 0 Å². The molecule has 0 saturated heterocycles. The van der Waals surface area contributed by atoms with Crippen LogP contribution in [0.3, 0.4) is 0 Å². The normalized spacial score (nSPS) is 14.2. The van der Waals surface area contributed by atoms with E-state index in [2.05, 4.69) is 5.73 Å². The maximum atomic E-state index is 6.92. The quantitative estimate of drug-likeness (QED) is 0.740. The van der Waals surface area contributed by atoms with Crippen molar-refractivity contribution >= 4 is 11.6 Å². The molecule has 0 aliphatic rings. The van der Waals surface area contributed by atoms with Gasteiger partial charge in [-0.05, 0) is 31.0 Å². The molecule has 0 spiro atoms. The highest BCUT2D eigenvalue weighted by Crippen LogP contribution is 2.10. The average molecular weight is 171 g/mol. The average Bonchev–Trinajstić information content (AvgIpc) is 2.09. The van der Waals surface area contributed by atoms with E-state index >= 15 is 0 Å². The van der Waals surface area contributed by atoms with Gasteiger partial charge < -0.3 is 5.73 Å². The first-order chi connectivity index (χ1) is 5.72. The highest BCUT2D eigenvalue weighted by Gasteiger charge is 1.96. The summed E-state index contributed by atoms with van der Waals surface area (Å²) in [7, 11) is 0. The molecule has 0 fully saturated rings. The van der Waals surface area contributed by atoms with Crippen molar-refractivity contribution in [3.8, 4) is 0 Å². The summed E-state index contributed by atoms with van der Waals surface area (Å²) in [5.41, 5.74) is 3.65. The Hall–Kier alpha value is -0.530. The third-order valence-electron chi connectivity index (χ3n) is 1.46. The molecule has 11 heavy (non-hydrogen) atoms. The van der Waals surface area contributed by atoms with E-state index in [4.69, 9.17) is 13.0 Å². The number of hydrogen-bond acceptors (Lipinski definition) is 1. The number of nitrogens with two attached hydrogens (primary N) is 1. The van der Waals surface area contributed by atoms with Crippen molar-refractivity contribution in [2.75, 3.05) is 0 Å². The molecule has 2 N–H and O–H groups in total. The van der Waals surface area contributed by atoms with E-state index in [9.17, 15) is 0 Å². The van der Waals surface area contributed by atoms with Crippen molar-refractivity contribution in [1.29, 1.82) is 0 Å². The van der Waals surface area contributed by atoms with E-state index < -0.39 is 0 Å². The predicted molar refractivity (Wildman–Crippen MR) is 48.8 cm³/mol. The topological polar surface area (TPSA) is 26.0 Å². The fraction of sp³-hybridized carbons (Fsp3) is 0.333. The fourth-order valence-corrected chi connectivity index (χ4v) is 1.10. The Morgan fingerprint density at radius 3 is 2.73 bits per heavy atom. The van der Waals surface area contributed by atoms with E-state index in [1.54, 1.807) is 0 Å². The Bertz CT molecular complexity index is 235. The van der Waals surface area contributed by atoms with Crippen molar-refractivity contribution < 1.29 is 1.41 Å². The van der Waals surface area contributed by atoms with Gasteiger partial charge in [0.1, 0.15) is 1.41 Å². The fourth-order valence-electron chi connectivity index (χ4n) is 0.974. The van der Waals surface area contributed by atoms with E-state index in [1.807, 2.05) is 31.2 Å². The zero-order valence-electron chi connectivity index (χ0n) is 7.47. The second kappa shape index (κ2) is 3.74. The maximum absolute atomic E-state index is 6.92. The summed E-state index contributed by atoms with van der Waals surface area (Å²) in [4.78, 5) is 0. The number of hydrogen-bond donors (Lipinski definition) is 1. The summed E-state index contributed by atoms with van der Waals surface area (Å²) < 4.78 is 6.92. The Kier molecular flexibility index (Phi) is 2.43. The van der Waals surface area contributed by atoms with Gasteiger partial charge in [0.05, 0.1) is 0 Å². The molecule has 1 atom stereocenters. The van der Waals surface area contributed by atoms with Crippen LogP contribution in [0.4, 0.5) is 0 Å². The molecule has 0 aromatic heterocycles. The monoisotopic (exact) mass is 170 g/mol. The lowest BCUT2D eigenvalue weighted by Crippen LogP contribution is -2.17. The summed E-state index contributed by atoms with van der Waals surface area (Å²) >= 11 is 5.73. The predicted octanol–water partition coefficient (Wildman–Crippen LogP) is 2.23. The zero-order chi connectivity index (χ0) is 8.97. The van der Waals surface area contributed by atoms with Crippen LogP contribution in [0.2, 0.25) is 6.43 Å².